The van der Waals surface area contributed by atoms with Crippen LogP contribution < -0.4 is 4.74 Å². The Morgan fingerprint density at radius 1 is 0.931 bits per heavy atom. The van der Waals surface area contributed by atoms with Crippen LogP contribution in [-0.2, 0) is 11.8 Å². The molecule has 0 heterocycles. The molecule has 0 saturated heterocycles. The summed E-state index contributed by atoms with van der Waals surface area (Å²) in [6.07, 6.45) is 8.97. The van der Waals surface area contributed by atoms with Gasteiger partial charge < -0.3 is 4.74 Å². The van der Waals surface area contributed by atoms with Gasteiger partial charge in [0.1, 0.15) is 5.75 Å². The number of terminal acetylenes is 1. The zero-order valence-corrected chi connectivity index (χ0v) is 18.0. The largest absolute Gasteiger partial charge is 0.494 e. The van der Waals surface area contributed by atoms with E-state index in [1.807, 2.05) is 25.1 Å². The summed E-state index contributed by atoms with van der Waals surface area (Å²) in [5.41, 5.74) is 2.27. The summed E-state index contributed by atoms with van der Waals surface area (Å²) in [6.45, 7) is 4.82. The van der Waals surface area contributed by atoms with Crippen molar-refractivity contribution < 1.29 is 4.74 Å². The summed E-state index contributed by atoms with van der Waals surface area (Å²) in [4.78, 5) is 2.54. The van der Waals surface area contributed by atoms with Gasteiger partial charge >= 0.3 is 0 Å². The molecule has 148 valence electrons. The van der Waals surface area contributed by atoms with Gasteiger partial charge in [-0.3, -0.25) is 0 Å². The summed E-state index contributed by atoms with van der Waals surface area (Å²) in [7, 11) is 0. The van der Waals surface area contributed by atoms with Gasteiger partial charge in [-0.15, -0.1) is 6.42 Å². The number of ether oxygens (including phenoxy) is 1. The first-order chi connectivity index (χ1) is 14.1. The lowest BCUT2D eigenvalue weighted by molar-refractivity contribution is 0.340. The summed E-state index contributed by atoms with van der Waals surface area (Å²) >= 11 is 1.80. The van der Waals surface area contributed by atoms with Crippen LogP contribution in [0.15, 0.2) is 88.7 Å². The highest BCUT2D eigenvalue weighted by atomic mass is 32.2. The van der Waals surface area contributed by atoms with Crippen molar-refractivity contribution >= 4 is 11.8 Å². The summed E-state index contributed by atoms with van der Waals surface area (Å²) in [6, 6.07) is 27.5. The van der Waals surface area contributed by atoms with Crippen LogP contribution in [-0.4, -0.2) is 6.61 Å². The Kier molecular flexibility index (Phi) is 7.44. The van der Waals surface area contributed by atoms with Crippen LogP contribution in [0.1, 0.15) is 37.8 Å². The minimum absolute atomic E-state index is 0.263. The van der Waals surface area contributed by atoms with Crippen molar-refractivity contribution in [1.82, 2.24) is 0 Å². The average Bonchev–Trinajstić information content (AvgIpc) is 2.75. The number of benzene rings is 3. The van der Waals surface area contributed by atoms with Crippen LogP contribution in [0.4, 0.5) is 0 Å². The van der Waals surface area contributed by atoms with Gasteiger partial charge in [0.25, 0.3) is 0 Å². The van der Waals surface area contributed by atoms with Crippen molar-refractivity contribution in [1.29, 1.82) is 0 Å². The summed E-state index contributed by atoms with van der Waals surface area (Å²) in [5.74, 6) is 3.92. The molecule has 0 saturated carbocycles. The van der Waals surface area contributed by atoms with Crippen molar-refractivity contribution in [3.8, 4) is 18.1 Å². The van der Waals surface area contributed by atoms with Crippen LogP contribution in [0, 0.1) is 12.3 Å². The number of rotatable bonds is 9. The highest BCUT2D eigenvalue weighted by Gasteiger charge is 2.23. The molecule has 29 heavy (non-hydrogen) atoms. The molecule has 1 atom stereocenters. The highest BCUT2D eigenvalue weighted by Crippen LogP contribution is 2.31. The number of hydrogen-bond acceptors (Lipinski definition) is 2. The molecule has 0 spiro atoms. The Morgan fingerprint density at radius 2 is 1.66 bits per heavy atom. The minimum Gasteiger partial charge on any atom is -0.494 e. The number of hydrogen-bond donors (Lipinski definition) is 0. The third-order valence-corrected chi connectivity index (χ3v) is 6.14. The maximum absolute atomic E-state index is 5.94. The van der Waals surface area contributed by atoms with Crippen molar-refractivity contribution in [2.24, 2.45) is 0 Å². The smallest absolute Gasteiger partial charge is 0.119 e. The standard InChI is InChI=1S/C27H28OS/c1-4-27(3,23-16-18-24(19-17-23)28-5-2)20-10-12-22-11-9-15-26(21-22)29-25-13-7-6-8-14-25/h1,6-9,11,13-19,21H,5,10,12,20H2,2-3H3. The SMILES string of the molecule is C#CC(C)(CCCc1cccc(Sc2ccccc2)c1)c1ccc(OCC)cc1. The molecule has 1 unspecified atom stereocenters. The molecule has 3 aromatic rings. The Hall–Kier alpha value is -2.63. The second-order valence-corrected chi connectivity index (χ2v) is 8.50. The molecule has 0 aliphatic heterocycles. The maximum Gasteiger partial charge on any atom is 0.119 e. The van der Waals surface area contributed by atoms with E-state index >= 15 is 0 Å². The maximum atomic E-state index is 5.94. The van der Waals surface area contributed by atoms with Gasteiger partial charge in [0, 0.05) is 9.79 Å². The first kappa shape index (κ1) is 21.1. The van der Waals surface area contributed by atoms with E-state index in [0.29, 0.717) is 6.61 Å². The normalized spacial score (nSPS) is 12.7. The van der Waals surface area contributed by atoms with Crippen LogP contribution in [0.5, 0.6) is 5.75 Å². The van der Waals surface area contributed by atoms with E-state index in [2.05, 4.69) is 73.5 Å². The van der Waals surface area contributed by atoms with Crippen molar-refractivity contribution in [2.75, 3.05) is 6.61 Å². The Bertz CT molecular complexity index is 940. The monoisotopic (exact) mass is 400 g/mol. The van der Waals surface area contributed by atoms with Gasteiger partial charge in [-0.2, -0.15) is 0 Å². The van der Waals surface area contributed by atoms with Crippen molar-refractivity contribution in [3.63, 3.8) is 0 Å². The second-order valence-electron chi connectivity index (χ2n) is 7.35. The lowest BCUT2D eigenvalue weighted by Gasteiger charge is -2.24. The van der Waals surface area contributed by atoms with E-state index < -0.39 is 0 Å². The first-order valence-electron chi connectivity index (χ1n) is 10.2. The zero-order valence-electron chi connectivity index (χ0n) is 17.2. The third kappa shape index (κ3) is 5.92. The lowest BCUT2D eigenvalue weighted by atomic mass is 9.78. The van der Waals surface area contributed by atoms with Crippen LogP contribution in [0.3, 0.4) is 0 Å². The molecule has 0 aromatic heterocycles. The Labute approximate surface area is 179 Å². The van der Waals surface area contributed by atoms with Gasteiger partial charge in [0.05, 0.1) is 12.0 Å². The van der Waals surface area contributed by atoms with Gasteiger partial charge in [-0.25, -0.2) is 0 Å². The zero-order chi connectivity index (χ0) is 20.5. The molecule has 0 aliphatic carbocycles. The van der Waals surface area contributed by atoms with Crippen LogP contribution in [0.2, 0.25) is 0 Å². The molecular weight excluding hydrogens is 372 g/mol. The molecule has 3 rings (SSSR count). The Morgan fingerprint density at radius 3 is 2.34 bits per heavy atom. The van der Waals surface area contributed by atoms with E-state index in [-0.39, 0.29) is 5.41 Å². The molecule has 0 N–H and O–H groups in total. The molecule has 2 heteroatoms. The molecule has 0 radical (unpaired) electrons. The molecule has 0 aliphatic rings. The first-order valence-corrected chi connectivity index (χ1v) is 11.0. The fraction of sp³-hybridized carbons (Fsp3) is 0.259. The third-order valence-electron chi connectivity index (χ3n) is 5.14. The predicted molar refractivity (Wildman–Crippen MR) is 124 cm³/mol. The molecule has 3 aromatic carbocycles. The van der Waals surface area contributed by atoms with E-state index in [1.165, 1.54) is 20.9 Å². The molecule has 0 fully saturated rings. The summed E-state index contributed by atoms with van der Waals surface area (Å²) in [5, 5.41) is 0. The molecule has 1 nitrogen and oxygen atoms in total. The lowest BCUT2D eigenvalue weighted by Crippen LogP contribution is -2.19. The van der Waals surface area contributed by atoms with Crippen LogP contribution >= 0.6 is 11.8 Å². The summed E-state index contributed by atoms with van der Waals surface area (Å²) < 4.78 is 5.55. The van der Waals surface area contributed by atoms with Crippen LogP contribution in [0.25, 0.3) is 0 Å². The van der Waals surface area contributed by atoms with Gasteiger partial charge in [-0.1, -0.05) is 60.1 Å². The predicted octanol–water partition coefficient (Wildman–Crippen LogP) is 7.15. The second kappa shape index (κ2) is 10.2. The minimum atomic E-state index is -0.263. The van der Waals surface area contributed by atoms with Gasteiger partial charge in [-0.05, 0) is 80.6 Å². The Balaban J connectivity index is 1.60. The van der Waals surface area contributed by atoms with E-state index in [4.69, 9.17) is 11.2 Å². The molecule has 0 amide bonds. The number of aryl methyl sites for hydroxylation is 1. The molecule has 0 bridgehead atoms. The van der Waals surface area contributed by atoms with E-state index in [9.17, 15) is 0 Å². The fourth-order valence-electron chi connectivity index (χ4n) is 3.42. The highest BCUT2D eigenvalue weighted by molar-refractivity contribution is 7.99. The quantitative estimate of drug-likeness (QED) is 0.353. The van der Waals surface area contributed by atoms with E-state index in [0.717, 1.165) is 25.0 Å². The van der Waals surface area contributed by atoms with Crippen molar-refractivity contribution in [2.45, 2.75) is 48.3 Å². The fourth-order valence-corrected chi connectivity index (χ4v) is 4.34. The van der Waals surface area contributed by atoms with E-state index in [1.54, 1.807) is 11.8 Å². The average molecular weight is 401 g/mol. The van der Waals surface area contributed by atoms with Crippen molar-refractivity contribution in [3.05, 3.63) is 90.0 Å². The van der Waals surface area contributed by atoms with Gasteiger partial charge in [0.2, 0.25) is 0 Å². The topological polar surface area (TPSA) is 9.23 Å². The van der Waals surface area contributed by atoms with Gasteiger partial charge in [0.15, 0.2) is 0 Å². The molecular formula is C27H28OS.